The maximum absolute atomic E-state index is 11.7. The fourth-order valence-corrected chi connectivity index (χ4v) is 1.79. The van der Waals surface area contributed by atoms with Crippen molar-refractivity contribution in [2.24, 2.45) is 11.7 Å². The number of piperidine rings is 1. The van der Waals surface area contributed by atoms with Crippen molar-refractivity contribution in [3.8, 4) is 0 Å². The lowest BCUT2D eigenvalue weighted by Crippen LogP contribution is -2.45. The van der Waals surface area contributed by atoms with Gasteiger partial charge in [-0.3, -0.25) is 9.59 Å². The summed E-state index contributed by atoms with van der Waals surface area (Å²) in [4.78, 5) is 34.8. The van der Waals surface area contributed by atoms with Crippen molar-refractivity contribution in [1.82, 2.24) is 4.90 Å². The third-order valence-corrected chi connectivity index (χ3v) is 2.98. The molecular weight excluding hydrogens is 240 g/mol. The number of likely N-dealkylation sites (tertiary alicyclic amines) is 1. The number of primary amides is 1. The van der Waals surface area contributed by atoms with E-state index in [9.17, 15) is 14.4 Å². The Labute approximate surface area is 105 Å². The van der Waals surface area contributed by atoms with Crippen molar-refractivity contribution in [3.63, 3.8) is 0 Å². The second-order valence-corrected chi connectivity index (χ2v) is 4.37. The minimum Gasteiger partial charge on any atom is -0.479 e. The number of carbonyl (C=O) groups excluding carboxylic acids is 2. The molecule has 2 atom stereocenters. The summed E-state index contributed by atoms with van der Waals surface area (Å²) in [6, 6.07) is 0. The summed E-state index contributed by atoms with van der Waals surface area (Å²) in [7, 11) is 0. The topological polar surface area (TPSA) is 110 Å². The second kappa shape index (κ2) is 6.34. The molecule has 1 saturated heterocycles. The van der Waals surface area contributed by atoms with Crippen molar-refractivity contribution >= 4 is 17.8 Å². The van der Waals surface area contributed by atoms with Gasteiger partial charge < -0.3 is 20.5 Å². The molecule has 2 amide bonds. The first-order valence-corrected chi connectivity index (χ1v) is 5.83. The standard InChI is InChI=1S/C11H18N2O5/c1-7(11(16)17)18-6-9(14)13-4-2-3-8(5-13)10(12)15/h7-8H,2-6H2,1H3,(H2,12,15)(H,16,17)/t7-,8?/m0/s1. The molecule has 102 valence electrons. The summed E-state index contributed by atoms with van der Waals surface area (Å²) in [6.45, 7) is 1.91. The van der Waals surface area contributed by atoms with E-state index in [1.165, 1.54) is 11.8 Å². The number of ether oxygens (including phenoxy) is 1. The van der Waals surface area contributed by atoms with Gasteiger partial charge in [0.25, 0.3) is 0 Å². The van der Waals surface area contributed by atoms with Crippen LogP contribution in [0.25, 0.3) is 0 Å². The van der Waals surface area contributed by atoms with Crippen molar-refractivity contribution in [3.05, 3.63) is 0 Å². The van der Waals surface area contributed by atoms with E-state index in [1.54, 1.807) is 0 Å². The first-order chi connectivity index (χ1) is 8.41. The molecule has 1 unspecified atom stereocenters. The van der Waals surface area contributed by atoms with E-state index in [1.807, 2.05) is 0 Å². The van der Waals surface area contributed by atoms with Crippen LogP contribution in [0.1, 0.15) is 19.8 Å². The molecule has 0 aromatic heterocycles. The molecule has 0 aromatic carbocycles. The number of amides is 2. The van der Waals surface area contributed by atoms with Gasteiger partial charge in [-0.05, 0) is 19.8 Å². The molecule has 0 radical (unpaired) electrons. The molecule has 7 nitrogen and oxygen atoms in total. The number of carboxylic acids is 1. The van der Waals surface area contributed by atoms with Crippen LogP contribution in [0.2, 0.25) is 0 Å². The van der Waals surface area contributed by atoms with Crippen LogP contribution in [0.5, 0.6) is 0 Å². The lowest BCUT2D eigenvalue weighted by Gasteiger charge is -2.31. The van der Waals surface area contributed by atoms with Gasteiger partial charge in [-0.1, -0.05) is 0 Å². The SMILES string of the molecule is C[C@H](OCC(=O)N1CCCC(C(N)=O)C1)C(=O)O. The van der Waals surface area contributed by atoms with Gasteiger partial charge in [0, 0.05) is 13.1 Å². The Kier molecular flexibility index (Phi) is 5.08. The lowest BCUT2D eigenvalue weighted by molar-refractivity contribution is -0.153. The number of carboxylic acid groups (broad SMARTS) is 1. The Morgan fingerprint density at radius 2 is 2.17 bits per heavy atom. The van der Waals surface area contributed by atoms with Crippen LogP contribution in [0.3, 0.4) is 0 Å². The first kappa shape index (κ1) is 14.4. The smallest absolute Gasteiger partial charge is 0.332 e. The van der Waals surface area contributed by atoms with Crippen LogP contribution >= 0.6 is 0 Å². The van der Waals surface area contributed by atoms with Crippen molar-refractivity contribution in [1.29, 1.82) is 0 Å². The molecule has 7 heteroatoms. The monoisotopic (exact) mass is 258 g/mol. The first-order valence-electron chi connectivity index (χ1n) is 5.83. The van der Waals surface area contributed by atoms with Gasteiger partial charge in [-0.2, -0.15) is 0 Å². The highest BCUT2D eigenvalue weighted by atomic mass is 16.5. The summed E-state index contributed by atoms with van der Waals surface area (Å²) in [6.07, 6.45) is 0.380. The van der Waals surface area contributed by atoms with Crippen LogP contribution in [-0.2, 0) is 19.1 Å². The Hall–Kier alpha value is -1.63. The maximum Gasteiger partial charge on any atom is 0.332 e. The van der Waals surface area contributed by atoms with E-state index in [0.29, 0.717) is 25.9 Å². The number of hydrogen-bond acceptors (Lipinski definition) is 4. The summed E-state index contributed by atoms with van der Waals surface area (Å²) < 4.78 is 4.91. The van der Waals surface area contributed by atoms with Crippen LogP contribution in [0.4, 0.5) is 0 Å². The molecule has 1 fully saturated rings. The third-order valence-electron chi connectivity index (χ3n) is 2.98. The van der Waals surface area contributed by atoms with Crippen LogP contribution in [0.15, 0.2) is 0 Å². The Bertz CT molecular complexity index is 344. The number of hydrogen-bond donors (Lipinski definition) is 2. The predicted octanol–water partition coefficient (Wildman–Crippen LogP) is -0.800. The molecule has 0 saturated carbocycles. The number of carbonyl (C=O) groups is 3. The van der Waals surface area contributed by atoms with Gasteiger partial charge in [-0.25, -0.2) is 4.79 Å². The van der Waals surface area contributed by atoms with Crippen molar-refractivity contribution in [2.45, 2.75) is 25.9 Å². The fraction of sp³-hybridized carbons (Fsp3) is 0.727. The number of rotatable bonds is 5. The number of nitrogens with two attached hydrogens (primary N) is 1. The summed E-state index contributed by atoms with van der Waals surface area (Å²) in [5.74, 6) is -2.16. The highest BCUT2D eigenvalue weighted by Crippen LogP contribution is 2.16. The Morgan fingerprint density at radius 1 is 1.50 bits per heavy atom. The lowest BCUT2D eigenvalue weighted by atomic mass is 9.97. The molecule has 0 bridgehead atoms. The van der Waals surface area contributed by atoms with E-state index >= 15 is 0 Å². The molecule has 18 heavy (non-hydrogen) atoms. The number of nitrogens with zero attached hydrogens (tertiary/aromatic N) is 1. The Morgan fingerprint density at radius 3 is 2.72 bits per heavy atom. The molecule has 0 aromatic rings. The van der Waals surface area contributed by atoms with Gasteiger partial charge in [0.2, 0.25) is 11.8 Å². The van der Waals surface area contributed by atoms with Gasteiger partial charge >= 0.3 is 5.97 Å². The zero-order valence-electron chi connectivity index (χ0n) is 10.3. The highest BCUT2D eigenvalue weighted by molar-refractivity contribution is 5.81. The van der Waals surface area contributed by atoms with Gasteiger partial charge in [0.15, 0.2) is 6.10 Å². The normalized spacial score (nSPS) is 21.4. The highest BCUT2D eigenvalue weighted by Gasteiger charge is 2.27. The average molecular weight is 258 g/mol. The fourth-order valence-electron chi connectivity index (χ4n) is 1.79. The van der Waals surface area contributed by atoms with Crippen molar-refractivity contribution in [2.75, 3.05) is 19.7 Å². The zero-order chi connectivity index (χ0) is 13.7. The zero-order valence-corrected chi connectivity index (χ0v) is 10.3. The van der Waals surface area contributed by atoms with Crippen LogP contribution < -0.4 is 5.73 Å². The van der Waals surface area contributed by atoms with E-state index in [0.717, 1.165) is 0 Å². The summed E-state index contributed by atoms with van der Waals surface area (Å²) in [5, 5.41) is 8.61. The average Bonchev–Trinajstić information content (AvgIpc) is 2.35. The van der Waals surface area contributed by atoms with Crippen LogP contribution in [-0.4, -0.2) is 53.6 Å². The summed E-state index contributed by atoms with van der Waals surface area (Å²) >= 11 is 0. The largest absolute Gasteiger partial charge is 0.479 e. The van der Waals surface area contributed by atoms with E-state index < -0.39 is 18.0 Å². The minimum atomic E-state index is -1.11. The van der Waals surface area contributed by atoms with Crippen molar-refractivity contribution < 1.29 is 24.2 Å². The summed E-state index contributed by atoms with van der Waals surface area (Å²) in [5.41, 5.74) is 5.21. The molecule has 1 aliphatic heterocycles. The molecule has 1 heterocycles. The van der Waals surface area contributed by atoms with Crippen LogP contribution in [0, 0.1) is 5.92 Å². The van der Waals surface area contributed by atoms with E-state index in [4.69, 9.17) is 15.6 Å². The Balaban J connectivity index is 2.42. The van der Waals surface area contributed by atoms with Gasteiger partial charge in [-0.15, -0.1) is 0 Å². The molecular formula is C11H18N2O5. The quantitative estimate of drug-likeness (QED) is 0.670. The van der Waals surface area contributed by atoms with Gasteiger partial charge in [0.1, 0.15) is 6.61 Å². The molecule has 0 aliphatic carbocycles. The van der Waals surface area contributed by atoms with E-state index in [2.05, 4.69) is 0 Å². The molecule has 3 N–H and O–H groups in total. The molecule has 1 rings (SSSR count). The number of aliphatic carboxylic acids is 1. The molecule has 0 spiro atoms. The third kappa shape index (κ3) is 3.99. The molecule has 1 aliphatic rings. The van der Waals surface area contributed by atoms with E-state index in [-0.39, 0.29) is 18.4 Å². The van der Waals surface area contributed by atoms with Gasteiger partial charge in [0.05, 0.1) is 5.92 Å². The maximum atomic E-state index is 11.7. The second-order valence-electron chi connectivity index (χ2n) is 4.37. The predicted molar refractivity (Wildman–Crippen MR) is 61.5 cm³/mol. The minimum absolute atomic E-state index is 0.291.